The molecule has 0 atom stereocenters. The van der Waals surface area contributed by atoms with Crippen LogP contribution in [0.4, 0.5) is 0 Å². The van der Waals surface area contributed by atoms with Crippen LogP contribution in [0.3, 0.4) is 0 Å². The number of nitriles is 2. The Morgan fingerprint density at radius 3 is 1.41 bits per heavy atom. The number of fused-ring (bicyclic) bond motifs is 2. The molecule has 0 aliphatic rings. The predicted molar refractivity (Wildman–Crippen MR) is 165 cm³/mol. The Bertz CT molecular complexity index is 1610. The second-order valence-electron chi connectivity index (χ2n) is 10.2. The van der Waals surface area contributed by atoms with E-state index in [9.17, 15) is 19.2 Å². The van der Waals surface area contributed by atoms with Crippen LogP contribution in [0.2, 0.25) is 0 Å². The van der Waals surface area contributed by atoms with Crippen molar-refractivity contribution in [3.63, 3.8) is 0 Å². The van der Waals surface area contributed by atoms with E-state index in [1.165, 1.54) is 12.4 Å². The molecular weight excluding hydrogens is 560 g/mol. The number of hydrogen-bond acceptors (Lipinski definition) is 8. The summed E-state index contributed by atoms with van der Waals surface area (Å²) in [6.07, 6.45) is 6.30. The summed E-state index contributed by atoms with van der Waals surface area (Å²) in [7, 11) is 0. The van der Waals surface area contributed by atoms with Crippen molar-refractivity contribution >= 4 is 45.2 Å². The van der Waals surface area contributed by atoms with E-state index in [1.807, 2.05) is 12.1 Å². The molecule has 0 aliphatic heterocycles. The van der Waals surface area contributed by atoms with Crippen LogP contribution in [0.15, 0.2) is 48.8 Å². The van der Waals surface area contributed by atoms with Crippen molar-refractivity contribution in [1.29, 1.82) is 10.5 Å². The molecule has 0 saturated heterocycles. The molecule has 226 valence electrons. The number of hydrogen-bond donors (Lipinski definition) is 6. The Balaban J connectivity index is 0.984. The van der Waals surface area contributed by atoms with Crippen molar-refractivity contribution in [2.75, 3.05) is 39.3 Å². The van der Waals surface area contributed by atoms with Gasteiger partial charge in [0.2, 0.25) is 0 Å². The molecular formula is C32H34N8O4. The van der Waals surface area contributed by atoms with Crippen LogP contribution in [-0.2, 0) is 9.59 Å². The van der Waals surface area contributed by atoms with Gasteiger partial charge in [0.1, 0.15) is 0 Å². The maximum atomic E-state index is 12.5. The molecule has 4 aromatic rings. The van der Waals surface area contributed by atoms with Gasteiger partial charge in [0.15, 0.2) is 0 Å². The SMILES string of the molecule is N#Cc1ccc2c(C(=O)C(=O)NCCCNCCCCNCCCNC(=O)C(=O)c3c[nH]c4cc(C#N)ccc34)c[nH]c2c1. The third-order valence-corrected chi connectivity index (χ3v) is 7.11. The number of nitrogens with one attached hydrogen (secondary N) is 6. The van der Waals surface area contributed by atoms with Gasteiger partial charge in [-0.1, -0.05) is 12.1 Å². The van der Waals surface area contributed by atoms with E-state index in [2.05, 4.69) is 31.2 Å². The molecule has 2 amide bonds. The van der Waals surface area contributed by atoms with E-state index in [-0.39, 0.29) is 11.1 Å². The maximum absolute atomic E-state index is 12.5. The maximum Gasteiger partial charge on any atom is 0.292 e. The van der Waals surface area contributed by atoms with Crippen LogP contribution >= 0.6 is 0 Å². The van der Waals surface area contributed by atoms with Crippen molar-refractivity contribution in [1.82, 2.24) is 31.2 Å². The van der Waals surface area contributed by atoms with Gasteiger partial charge in [-0.05, 0) is 76.1 Å². The molecule has 2 aromatic heterocycles. The van der Waals surface area contributed by atoms with Gasteiger partial charge in [0.05, 0.1) is 34.4 Å². The van der Waals surface area contributed by atoms with Crippen molar-refractivity contribution in [2.45, 2.75) is 25.7 Å². The second-order valence-corrected chi connectivity index (χ2v) is 10.2. The van der Waals surface area contributed by atoms with Gasteiger partial charge in [-0.2, -0.15) is 10.5 Å². The van der Waals surface area contributed by atoms with Crippen LogP contribution in [0.1, 0.15) is 57.5 Å². The smallest absolute Gasteiger partial charge is 0.292 e. The average molecular weight is 595 g/mol. The first-order chi connectivity index (χ1) is 21.4. The number of nitrogens with zero attached hydrogens (tertiary/aromatic N) is 2. The van der Waals surface area contributed by atoms with Gasteiger partial charge < -0.3 is 31.2 Å². The number of aromatic nitrogens is 2. The van der Waals surface area contributed by atoms with Gasteiger partial charge in [0.25, 0.3) is 23.4 Å². The highest BCUT2D eigenvalue weighted by molar-refractivity contribution is 6.45. The molecule has 44 heavy (non-hydrogen) atoms. The summed E-state index contributed by atoms with van der Waals surface area (Å²) in [6.45, 7) is 3.85. The Morgan fingerprint density at radius 1 is 0.591 bits per heavy atom. The van der Waals surface area contributed by atoms with Gasteiger partial charge in [-0.3, -0.25) is 19.2 Å². The number of Topliss-reactive ketones (excluding diaryl/α,β-unsaturated/α-hetero) is 2. The van der Waals surface area contributed by atoms with Crippen LogP contribution in [0, 0.1) is 22.7 Å². The Labute approximate surface area is 254 Å². The average Bonchev–Trinajstić information content (AvgIpc) is 3.67. The molecule has 2 aromatic carbocycles. The molecule has 2 heterocycles. The van der Waals surface area contributed by atoms with Crippen LogP contribution in [0.5, 0.6) is 0 Å². The Morgan fingerprint density at radius 2 is 1.00 bits per heavy atom. The highest BCUT2D eigenvalue weighted by atomic mass is 16.2. The van der Waals surface area contributed by atoms with Crippen molar-refractivity contribution in [2.24, 2.45) is 0 Å². The summed E-state index contributed by atoms with van der Waals surface area (Å²) in [4.78, 5) is 55.5. The van der Waals surface area contributed by atoms with Crippen molar-refractivity contribution < 1.29 is 19.2 Å². The third kappa shape index (κ3) is 8.16. The number of carbonyl (C=O) groups excluding carboxylic acids is 4. The number of carbonyl (C=O) groups is 4. The second kappa shape index (κ2) is 15.8. The normalized spacial score (nSPS) is 10.8. The minimum Gasteiger partial charge on any atom is -0.360 e. The lowest BCUT2D eigenvalue weighted by atomic mass is 10.1. The molecule has 0 radical (unpaired) electrons. The number of rotatable bonds is 17. The van der Waals surface area contributed by atoms with Gasteiger partial charge in [-0.25, -0.2) is 0 Å². The fourth-order valence-electron chi connectivity index (χ4n) is 4.75. The lowest BCUT2D eigenvalue weighted by Crippen LogP contribution is -2.33. The molecule has 0 saturated carbocycles. The number of unbranched alkanes of at least 4 members (excludes halogenated alkanes) is 1. The Hall–Kier alpha value is -5.30. The van der Waals surface area contributed by atoms with Gasteiger partial charge in [0, 0.05) is 47.3 Å². The standard InChI is InChI=1S/C32H34N8O4/c33-17-21-5-7-23-25(19-39-27(23)15-21)29(41)31(43)37-13-3-11-35-9-1-2-10-36-12-4-14-38-32(44)30(42)26-20-40-28-16-22(18-34)6-8-24(26)28/h5-8,15-16,19-20,35-36,39-40H,1-4,9-14H2,(H,37,43)(H,38,44). The monoisotopic (exact) mass is 594 g/mol. The summed E-state index contributed by atoms with van der Waals surface area (Å²) in [6, 6.07) is 13.9. The molecule has 0 spiro atoms. The topological polar surface area (TPSA) is 196 Å². The number of aromatic amines is 2. The lowest BCUT2D eigenvalue weighted by Gasteiger charge is -2.08. The molecule has 6 N–H and O–H groups in total. The molecule has 0 fully saturated rings. The van der Waals surface area contributed by atoms with E-state index in [1.54, 1.807) is 36.4 Å². The highest BCUT2D eigenvalue weighted by Crippen LogP contribution is 2.21. The molecule has 0 bridgehead atoms. The number of ketones is 2. The number of benzene rings is 2. The fraction of sp³-hybridized carbons (Fsp3) is 0.312. The lowest BCUT2D eigenvalue weighted by molar-refractivity contribution is -0.117. The predicted octanol–water partition coefficient (Wildman–Crippen LogP) is 2.43. The van der Waals surface area contributed by atoms with E-state index in [4.69, 9.17) is 10.5 Å². The van der Waals surface area contributed by atoms with E-state index in [0.717, 1.165) is 25.9 Å². The van der Waals surface area contributed by atoms with E-state index < -0.39 is 23.4 Å². The molecule has 12 nitrogen and oxygen atoms in total. The first-order valence-corrected chi connectivity index (χ1v) is 14.5. The number of amides is 2. The molecule has 12 heteroatoms. The zero-order valence-electron chi connectivity index (χ0n) is 24.2. The first kappa shape index (κ1) is 31.6. The minimum atomic E-state index is -0.655. The van der Waals surface area contributed by atoms with Gasteiger partial charge >= 0.3 is 0 Å². The molecule has 0 aliphatic carbocycles. The summed E-state index contributed by atoms with van der Waals surface area (Å²) in [5, 5.41) is 31.2. The molecule has 4 rings (SSSR count). The summed E-state index contributed by atoms with van der Waals surface area (Å²) >= 11 is 0. The largest absolute Gasteiger partial charge is 0.360 e. The summed E-state index contributed by atoms with van der Waals surface area (Å²) in [5.74, 6) is -2.53. The summed E-state index contributed by atoms with van der Waals surface area (Å²) in [5.41, 5.74) is 2.79. The minimum absolute atomic E-state index is 0.285. The van der Waals surface area contributed by atoms with Crippen LogP contribution in [0.25, 0.3) is 21.8 Å². The van der Waals surface area contributed by atoms with Crippen LogP contribution in [-0.4, -0.2) is 72.6 Å². The third-order valence-electron chi connectivity index (χ3n) is 7.11. The zero-order valence-corrected chi connectivity index (χ0v) is 24.2. The zero-order chi connectivity index (χ0) is 31.3. The van der Waals surface area contributed by atoms with Crippen molar-refractivity contribution in [3.8, 4) is 12.1 Å². The van der Waals surface area contributed by atoms with E-state index >= 15 is 0 Å². The molecule has 0 unspecified atom stereocenters. The van der Waals surface area contributed by atoms with Crippen molar-refractivity contribution in [3.05, 3.63) is 71.0 Å². The quantitative estimate of drug-likeness (QED) is 0.0609. The van der Waals surface area contributed by atoms with Crippen LogP contribution < -0.4 is 21.3 Å². The first-order valence-electron chi connectivity index (χ1n) is 14.5. The summed E-state index contributed by atoms with van der Waals surface area (Å²) < 4.78 is 0. The fourth-order valence-corrected chi connectivity index (χ4v) is 4.75. The van der Waals surface area contributed by atoms with E-state index in [0.29, 0.717) is 72.0 Å². The highest BCUT2D eigenvalue weighted by Gasteiger charge is 2.20. The Kier molecular flexibility index (Phi) is 11.4. The number of H-pyrrole nitrogens is 2. The van der Waals surface area contributed by atoms with Gasteiger partial charge in [-0.15, -0.1) is 0 Å².